The van der Waals surface area contributed by atoms with Crippen LogP contribution in [0.15, 0.2) is 18.2 Å². The highest BCUT2D eigenvalue weighted by Gasteiger charge is 2.13. The van der Waals surface area contributed by atoms with E-state index in [1.54, 1.807) is 25.3 Å². The Hall–Kier alpha value is -1.11. The summed E-state index contributed by atoms with van der Waals surface area (Å²) in [5, 5.41) is 8.26. The first kappa shape index (κ1) is 14.0. The van der Waals surface area contributed by atoms with Crippen LogP contribution in [-0.4, -0.2) is 35.2 Å². The maximum absolute atomic E-state index is 11.1. The van der Waals surface area contributed by atoms with Crippen LogP contribution < -0.4 is 9.47 Å². The van der Waals surface area contributed by atoms with Crippen molar-refractivity contribution in [3.63, 3.8) is 0 Å². The van der Waals surface area contributed by atoms with Gasteiger partial charge in [-0.05, 0) is 23.9 Å². The minimum atomic E-state index is -0.538. The lowest BCUT2D eigenvalue weighted by atomic mass is 10.2. The van der Waals surface area contributed by atoms with E-state index in [0.29, 0.717) is 21.3 Å². The molecule has 0 unspecified atom stereocenters. The summed E-state index contributed by atoms with van der Waals surface area (Å²) in [5.41, 5.74) is 0.634. The van der Waals surface area contributed by atoms with Gasteiger partial charge >= 0.3 is 0 Å². The van der Waals surface area contributed by atoms with Crippen LogP contribution >= 0.6 is 24.0 Å². The number of carbonyl (C=O) groups excluding carboxylic acids is 1. The van der Waals surface area contributed by atoms with Crippen molar-refractivity contribution in [2.24, 2.45) is 0 Å². The van der Waals surface area contributed by atoms with E-state index >= 15 is 0 Å². The fourth-order valence-electron chi connectivity index (χ4n) is 1.16. The van der Waals surface area contributed by atoms with Crippen molar-refractivity contribution in [1.82, 2.24) is 0 Å². The van der Waals surface area contributed by atoms with E-state index in [2.05, 4.69) is 0 Å². The summed E-state index contributed by atoms with van der Waals surface area (Å²) < 4.78 is 10.6. The summed E-state index contributed by atoms with van der Waals surface area (Å²) >= 11 is 5.92. The number of methoxy groups -OCH3 is 2. The summed E-state index contributed by atoms with van der Waals surface area (Å²) in [6.07, 6.45) is 0. The van der Waals surface area contributed by atoms with Gasteiger partial charge < -0.3 is 14.6 Å². The first-order chi connectivity index (χ1) is 8.12. The van der Waals surface area contributed by atoms with Gasteiger partial charge in [-0.15, -0.1) is 0 Å². The monoisotopic (exact) mass is 272 g/mol. The van der Waals surface area contributed by atoms with Crippen molar-refractivity contribution in [2.45, 2.75) is 0 Å². The molecule has 0 atom stereocenters. The van der Waals surface area contributed by atoms with Gasteiger partial charge in [-0.25, -0.2) is 0 Å². The number of carbonyl (C=O) groups is 1. The molecule has 1 aromatic carbocycles. The molecule has 0 amide bonds. The zero-order valence-electron chi connectivity index (χ0n) is 9.43. The Bertz CT molecular complexity index is 431. The third-order valence-electron chi connectivity index (χ3n) is 1.96. The predicted molar refractivity (Wildman–Crippen MR) is 70.9 cm³/mol. The van der Waals surface area contributed by atoms with Gasteiger partial charge in [0, 0.05) is 11.6 Å². The van der Waals surface area contributed by atoms with E-state index < -0.39 is 11.7 Å². The largest absolute Gasteiger partial charge is 0.497 e. The molecule has 0 aromatic heterocycles. The molecule has 4 nitrogen and oxygen atoms in total. The minimum Gasteiger partial charge on any atom is -0.497 e. The van der Waals surface area contributed by atoms with E-state index in [1.165, 1.54) is 7.11 Å². The molecule has 0 saturated carbocycles. The smallest absolute Gasteiger partial charge is 0.219 e. The van der Waals surface area contributed by atoms with Crippen LogP contribution in [0.4, 0.5) is 0 Å². The van der Waals surface area contributed by atoms with Gasteiger partial charge in [0.25, 0.3) is 0 Å². The second kappa shape index (κ2) is 6.58. The van der Waals surface area contributed by atoms with Crippen molar-refractivity contribution in [1.29, 1.82) is 0 Å². The summed E-state index contributed by atoms with van der Waals surface area (Å²) in [5.74, 6) is 1.18. The maximum atomic E-state index is 11.1. The molecule has 0 aliphatic heterocycles. The van der Waals surface area contributed by atoms with Crippen molar-refractivity contribution >= 4 is 33.3 Å². The van der Waals surface area contributed by atoms with Crippen LogP contribution in [0.25, 0.3) is 0 Å². The zero-order valence-corrected chi connectivity index (χ0v) is 11.1. The van der Waals surface area contributed by atoms with Gasteiger partial charge in [-0.2, -0.15) is 0 Å². The van der Waals surface area contributed by atoms with Gasteiger partial charge in [-0.3, -0.25) is 4.79 Å². The molecule has 0 bridgehead atoms. The maximum Gasteiger partial charge on any atom is 0.219 e. The van der Waals surface area contributed by atoms with Crippen LogP contribution in [0.2, 0.25) is 0 Å². The molecule has 0 aliphatic rings. The Morgan fingerprint density at radius 2 is 2.12 bits per heavy atom. The van der Waals surface area contributed by atoms with E-state index in [-0.39, 0.29) is 0 Å². The molecule has 0 heterocycles. The average molecular weight is 272 g/mol. The van der Waals surface area contributed by atoms with E-state index in [0.717, 1.165) is 11.8 Å². The standard InChI is InChI=1S/C11H12O4S2/c1-14-7-3-4-8(9(5-7)15-2)11(16)17-10(13)6-12/h3-5,12H,6H2,1-2H3. The number of ether oxygens (including phenoxy) is 2. The molecule has 0 aliphatic carbocycles. The number of thioether (sulfide) groups is 1. The van der Waals surface area contributed by atoms with Crippen LogP contribution in [0.3, 0.4) is 0 Å². The quantitative estimate of drug-likeness (QED) is 0.841. The van der Waals surface area contributed by atoms with Crippen molar-refractivity contribution in [2.75, 3.05) is 20.8 Å². The zero-order chi connectivity index (χ0) is 12.8. The van der Waals surface area contributed by atoms with Gasteiger partial charge in [0.1, 0.15) is 18.1 Å². The molecule has 17 heavy (non-hydrogen) atoms. The van der Waals surface area contributed by atoms with Gasteiger partial charge in [0.15, 0.2) is 0 Å². The normalized spacial score (nSPS) is 9.82. The molecule has 92 valence electrons. The Balaban J connectivity index is 2.96. The third kappa shape index (κ3) is 3.69. The molecule has 1 aromatic rings. The van der Waals surface area contributed by atoms with Crippen LogP contribution in [0, 0.1) is 0 Å². The van der Waals surface area contributed by atoms with Crippen molar-refractivity contribution in [3.8, 4) is 11.5 Å². The molecule has 0 radical (unpaired) electrons. The van der Waals surface area contributed by atoms with Crippen molar-refractivity contribution in [3.05, 3.63) is 23.8 Å². The van der Waals surface area contributed by atoms with Gasteiger partial charge in [0.05, 0.1) is 18.4 Å². The van der Waals surface area contributed by atoms with Crippen LogP contribution in [0.1, 0.15) is 5.56 Å². The number of aliphatic hydroxyl groups is 1. The second-order valence-corrected chi connectivity index (χ2v) is 4.72. The minimum absolute atomic E-state index is 0.364. The van der Waals surface area contributed by atoms with E-state index in [4.69, 9.17) is 26.8 Å². The highest BCUT2D eigenvalue weighted by molar-refractivity contribution is 8.33. The number of hydrogen-bond donors (Lipinski definition) is 1. The summed E-state index contributed by atoms with van der Waals surface area (Å²) in [6.45, 7) is -0.538. The third-order valence-corrected chi connectivity index (χ3v) is 3.20. The Morgan fingerprint density at radius 3 is 2.65 bits per heavy atom. The SMILES string of the molecule is COc1ccc(C(=S)SC(=O)CO)c(OC)c1. The molecule has 0 fully saturated rings. The first-order valence-corrected chi connectivity index (χ1v) is 5.92. The van der Waals surface area contributed by atoms with Crippen LogP contribution in [-0.2, 0) is 4.79 Å². The van der Waals surface area contributed by atoms with Gasteiger partial charge in [0.2, 0.25) is 5.12 Å². The number of aliphatic hydroxyl groups excluding tert-OH is 1. The molecule has 0 saturated heterocycles. The topological polar surface area (TPSA) is 55.8 Å². The number of hydrogen-bond acceptors (Lipinski definition) is 6. The first-order valence-electron chi connectivity index (χ1n) is 4.70. The second-order valence-electron chi connectivity index (χ2n) is 2.99. The fourth-order valence-corrected chi connectivity index (χ4v) is 2.16. The Morgan fingerprint density at radius 1 is 1.41 bits per heavy atom. The molecular weight excluding hydrogens is 260 g/mol. The van der Waals surface area contributed by atoms with Crippen LogP contribution in [0.5, 0.6) is 11.5 Å². The molecule has 1 rings (SSSR count). The lowest BCUT2D eigenvalue weighted by molar-refractivity contribution is -0.113. The molecule has 1 N–H and O–H groups in total. The molecular formula is C11H12O4S2. The Labute approximate surface area is 109 Å². The molecule has 6 heteroatoms. The lowest BCUT2D eigenvalue weighted by Crippen LogP contribution is -2.04. The highest BCUT2D eigenvalue weighted by Crippen LogP contribution is 2.28. The number of benzene rings is 1. The van der Waals surface area contributed by atoms with Gasteiger partial charge in [-0.1, -0.05) is 12.2 Å². The van der Waals surface area contributed by atoms with E-state index in [1.807, 2.05) is 0 Å². The van der Waals surface area contributed by atoms with E-state index in [9.17, 15) is 4.79 Å². The van der Waals surface area contributed by atoms with Crippen molar-refractivity contribution < 1.29 is 19.4 Å². The Kier molecular flexibility index (Phi) is 5.40. The highest BCUT2D eigenvalue weighted by atomic mass is 32.2. The molecule has 0 spiro atoms. The number of rotatable bonds is 4. The summed E-state index contributed by atoms with van der Waals surface area (Å²) in [6, 6.07) is 5.14. The summed E-state index contributed by atoms with van der Waals surface area (Å²) in [4.78, 5) is 11.1. The number of thiocarbonyl (C=S) groups is 1. The fraction of sp³-hybridized carbons (Fsp3) is 0.273. The average Bonchev–Trinajstić information content (AvgIpc) is 2.37. The predicted octanol–water partition coefficient (Wildman–Crippen LogP) is 1.63. The lowest BCUT2D eigenvalue weighted by Gasteiger charge is -2.10. The summed E-state index contributed by atoms with van der Waals surface area (Å²) in [7, 11) is 3.07.